The van der Waals surface area contributed by atoms with Gasteiger partial charge in [0.05, 0.1) is 19.2 Å². The molecule has 0 radical (unpaired) electrons. The summed E-state index contributed by atoms with van der Waals surface area (Å²) in [6.07, 6.45) is 5.91. The predicted octanol–water partition coefficient (Wildman–Crippen LogP) is 5.22. The Morgan fingerprint density at radius 3 is 2.81 bits per heavy atom. The number of fused-ring (bicyclic) bond motifs is 1. The van der Waals surface area contributed by atoms with Crippen LogP contribution < -0.4 is 10.5 Å². The van der Waals surface area contributed by atoms with Crippen molar-refractivity contribution in [3.8, 4) is 17.1 Å². The van der Waals surface area contributed by atoms with Gasteiger partial charge in [-0.15, -0.1) is 0 Å². The number of ether oxygens (including phenoxy) is 2. The monoisotopic (exact) mass is 602 g/mol. The first-order chi connectivity index (χ1) is 21.0. The molecule has 5 heterocycles. The Kier molecular flexibility index (Phi) is 7.52. The third kappa shape index (κ3) is 5.96. The van der Waals surface area contributed by atoms with Gasteiger partial charge in [0.15, 0.2) is 11.5 Å². The number of halogens is 2. The first-order valence-corrected chi connectivity index (χ1v) is 14.5. The van der Waals surface area contributed by atoms with E-state index in [1.807, 2.05) is 24.3 Å². The van der Waals surface area contributed by atoms with Crippen LogP contribution in [0.4, 0.5) is 4.39 Å². The Bertz CT molecular complexity index is 1880. The molecule has 2 aliphatic heterocycles. The third-order valence-electron chi connectivity index (χ3n) is 7.83. The predicted molar refractivity (Wildman–Crippen MR) is 158 cm³/mol. The second kappa shape index (κ2) is 11.8. The van der Waals surface area contributed by atoms with E-state index in [9.17, 15) is 9.18 Å². The number of nitrogens with zero attached hydrogens (tertiary/aromatic N) is 5. The Morgan fingerprint density at radius 2 is 2.07 bits per heavy atom. The minimum Gasteiger partial charge on any atom is -0.489 e. The van der Waals surface area contributed by atoms with Gasteiger partial charge < -0.3 is 14.0 Å². The molecule has 1 saturated heterocycles. The standard InChI is InChI=1S/C31H28ClFN6O4/c32-23-5-4-21(26(33)14-23)18-42-24-3-1-2-20(12-24)19-6-9-38(10-7-19)17-28-35-27-13-22(29-36-31(40)43-37-29)15-34-30(27)39(28)16-25-8-11-41-25/h1-6,12-15,25H,7-11,16-18H2,(H,36,37,40)/t25-/m0/s1. The average Bonchev–Trinajstić information content (AvgIpc) is 3.57. The molecule has 1 fully saturated rings. The first kappa shape index (κ1) is 27.5. The number of hydrogen-bond donors (Lipinski definition) is 1. The third-order valence-corrected chi connectivity index (χ3v) is 8.06. The molecule has 0 amide bonds. The van der Waals surface area contributed by atoms with Gasteiger partial charge in [-0.1, -0.05) is 41.0 Å². The quantitative estimate of drug-likeness (QED) is 0.244. The number of benzene rings is 2. The van der Waals surface area contributed by atoms with E-state index in [-0.39, 0.29) is 18.5 Å². The summed E-state index contributed by atoms with van der Waals surface area (Å²) in [4.78, 5) is 25.9. The van der Waals surface area contributed by atoms with Crippen LogP contribution in [0.5, 0.6) is 5.75 Å². The van der Waals surface area contributed by atoms with Gasteiger partial charge in [0.2, 0.25) is 0 Å². The van der Waals surface area contributed by atoms with Crippen LogP contribution in [0, 0.1) is 5.82 Å². The van der Waals surface area contributed by atoms with Gasteiger partial charge in [0.25, 0.3) is 0 Å². The van der Waals surface area contributed by atoms with Crippen LogP contribution in [-0.2, 0) is 24.4 Å². The minimum absolute atomic E-state index is 0.124. The number of hydrogen-bond acceptors (Lipinski definition) is 8. The molecule has 5 aromatic rings. The van der Waals surface area contributed by atoms with Gasteiger partial charge in [-0.05, 0) is 54.3 Å². The molecule has 7 rings (SSSR count). The molecule has 0 aliphatic carbocycles. The minimum atomic E-state index is -0.617. The van der Waals surface area contributed by atoms with Crippen molar-refractivity contribution in [1.82, 2.24) is 29.6 Å². The number of imidazole rings is 1. The van der Waals surface area contributed by atoms with E-state index in [2.05, 4.69) is 41.3 Å². The number of H-pyrrole nitrogens is 1. The molecule has 3 aromatic heterocycles. The van der Waals surface area contributed by atoms with Crippen LogP contribution >= 0.6 is 11.6 Å². The number of nitrogens with one attached hydrogen (secondary N) is 1. The molecule has 0 unspecified atom stereocenters. The maximum Gasteiger partial charge on any atom is 0.439 e. The van der Waals surface area contributed by atoms with Crippen molar-refractivity contribution in [2.24, 2.45) is 0 Å². The molecule has 0 bridgehead atoms. The van der Waals surface area contributed by atoms with Gasteiger partial charge in [0, 0.05) is 42.0 Å². The fourth-order valence-corrected chi connectivity index (χ4v) is 5.55. The Balaban J connectivity index is 1.06. The van der Waals surface area contributed by atoms with Crippen molar-refractivity contribution in [2.75, 3.05) is 19.7 Å². The SMILES string of the molecule is O=c1[nH]c(-c2cnc3c(c2)nc(CN2CC=C(c4cccc(OCc5ccc(Cl)cc5F)c4)CC2)n3C[C@@H]2CCO2)no1. The van der Waals surface area contributed by atoms with E-state index < -0.39 is 5.76 Å². The van der Waals surface area contributed by atoms with Gasteiger partial charge in [-0.25, -0.2) is 19.2 Å². The van der Waals surface area contributed by atoms with E-state index >= 15 is 0 Å². The summed E-state index contributed by atoms with van der Waals surface area (Å²) in [5, 5.41) is 4.13. The molecule has 12 heteroatoms. The second-order valence-electron chi connectivity index (χ2n) is 10.7. The molecule has 10 nitrogen and oxygen atoms in total. The lowest BCUT2D eigenvalue weighted by Crippen LogP contribution is -2.33. The maximum atomic E-state index is 14.2. The highest BCUT2D eigenvalue weighted by molar-refractivity contribution is 6.30. The largest absolute Gasteiger partial charge is 0.489 e. The van der Waals surface area contributed by atoms with E-state index in [1.54, 1.807) is 18.3 Å². The lowest BCUT2D eigenvalue weighted by Gasteiger charge is -2.29. The normalized spacial score (nSPS) is 17.2. The highest BCUT2D eigenvalue weighted by atomic mass is 35.5. The molecule has 0 saturated carbocycles. The van der Waals surface area contributed by atoms with Gasteiger partial charge in [-0.3, -0.25) is 14.4 Å². The molecule has 220 valence electrons. The smallest absolute Gasteiger partial charge is 0.439 e. The fraction of sp³-hybridized carbons (Fsp3) is 0.290. The number of aromatic amines is 1. The summed E-state index contributed by atoms with van der Waals surface area (Å²) in [6.45, 7) is 3.85. The Labute approximate surface area is 250 Å². The highest BCUT2D eigenvalue weighted by Gasteiger charge is 2.24. The molecule has 1 atom stereocenters. The topological polar surface area (TPSA) is 111 Å². The summed E-state index contributed by atoms with van der Waals surface area (Å²) in [5.74, 6) is 0.913. The molecule has 0 spiro atoms. The van der Waals surface area contributed by atoms with Gasteiger partial charge >= 0.3 is 5.76 Å². The van der Waals surface area contributed by atoms with Gasteiger partial charge in [-0.2, -0.15) is 0 Å². The summed E-state index contributed by atoms with van der Waals surface area (Å²) in [7, 11) is 0. The lowest BCUT2D eigenvalue weighted by atomic mass is 9.99. The van der Waals surface area contributed by atoms with Gasteiger partial charge in [0.1, 0.15) is 29.5 Å². The van der Waals surface area contributed by atoms with Crippen molar-refractivity contribution >= 4 is 28.3 Å². The highest BCUT2D eigenvalue weighted by Crippen LogP contribution is 2.28. The summed E-state index contributed by atoms with van der Waals surface area (Å²) < 4.78 is 32.6. The zero-order valence-electron chi connectivity index (χ0n) is 23.1. The van der Waals surface area contributed by atoms with E-state index in [1.165, 1.54) is 11.6 Å². The van der Waals surface area contributed by atoms with Crippen molar-refractivity contribution < 1.29 is 18.4 Å². The average molecular weight is 603 g/mol. The van der Waals surface area contributed by atoms with E-state index in [4.69, 9.17) is 26.1 Å². The van der Waals surface area contributed by atoms with Crippen LogP contribution in [0.15, 0.2) is 70.1 Å². The van der Waals surface area contributed by atoms with Crippen molar-refractivity contribution in [2.45, 2.75) is 38.6 Å². The molecule has 2 aliphatic rings. The molecule has 43 heavy (non-hydrogen) atoms. The number of rotatable bonds is 9. The zero-order chi connectivity index (χ0) is 29.3. The molecule has 1 N–H and O–H groups in total. The molecule has 2 aromatic carbocycles. The van der Waals surface area contributed by atoms with Crippen LogP contribution in [0.3, 0.4) is 0 Å². The Morgan fingerprint density at radius 1 is 1.16 bits per heavy atom. The Hall–Kier alpha value is -4.32. The summed E-state index contributed by atoms with van der Waals surface area (Å²) in [6, 6.07) is 14.4. The van der Waals surface area contributed by atoms with Crippen LogP contribution in [-0.4, -0.2) is 55.4 Å². The zero-order valence-corrected chi connectivity index (χ0v) is 23.9. The lowest BCUT2D eigenvalue weighted by molar-refractivity contribution is -0.0592. The fourth-order valence-electron chi connectivity index (χ4n) is 5.39. The van der Waals surface area contributed by atoms with Crippen molar-refractivity contribution in [1.29, 1.82) is 0 Å². The van der Waals surface area contributed by atoms with Crippen molar-refractivity contribution in [3.05, 3.63) is 99.1 Å². The summed E-state index contributed by atoms with van der Waals surface area (Å²) >= 11 is 5.86. The number of aromatic nitrogens is 5. The summed E-state index contributed by atoms with van der Waals surface area (Å²) in [5.41, 5.74) is 4.90. The number of pyridine rings is 1. The van der Waals surface area contributed by atoms with Crippen LogP contribution in [0.25, 0.3) is 28.1 Å². The first-order valence-electron chi connectivity index (χ1n) is 14.1. The molecular formula is C31H28ClFN6O4. The molecular weight excluding hydrogens is 575 g/mol. The van der Waals surface area contributed by atoms with Crippen molar-refractivity contribution in [3.63, 3.8) is 0 Å². The maximum absolute atomic E-state index is 14.2. The van der Waals surface area contributed by atoms with E-state index in [0.29, 0.717) is 40.8 Å². The van der Waals surface area contributed by atoms with E-state index in [0.717, 1.165) is 55.1 Å². The van der Waals surface area contributed by atoms with Crippen LogP contribution in [0.1, 0.15) is 29.8 Å². The second-order valence-corrected chi connectivity index (χ2v) is 11.1. The van der Waals surface area contributed by atoms with Crippen LogP contribution in [0.2, 0.25) is 5.02 Å².